The third-order valence-electron chi connectivity index (χ3n) is 5.84. The summed E-state index contributed by atoms with van der Waals surface area (Å²) in [5, 5.41) is 2.42. The van der Waals surface area contributed by atoms with E-state index in [-0.39, 0.29) is 12.5 Å². The maximum absolute atomic E-state index is 12.5. The molecular weight excluding hydrogens is 399 g/mol. The first-order chi connectivity index (χ1) is 14.6. The molecule has 1 aromatic heterocycles. The summed E-state index contributed by atoms with van der Waals surface area (Å²) in [5.74, 6) is 0.464. The summed E-state index contributed by atoms with van der Waals surface area (Å²) in [5.41, 5.74) is 1.73. The minimum atomic E-state index is -0.635. The molecule has 1 fully saturated rings. The maximum Gasteiger partial charge on any atom is 0.494 e. The predicted octanol–water partition coefficient (Wildman–Crippen LogP) is 1.96. The molecule has 2 amide bonds. The average molecular weight is 430 g/mol. The third kappa shape index (κ3) is 5.02. The van der Waals surface area contributed by atoms with Crippen molar-refractivity contribution in [3.05, 3.63) is 24.0 Å². The number of hydrogen-bond acceptors (Lipinski definition) is 6. The van der Waals surface area contributed by atoms with Gasteiger partial charge < -0.3 is 29.2 Å². The number of carbonyl (C=O) groups is 2. The van der Waals surface area contributed by atoms with Gasteiger partial charge in [-0.2, -0.15) is 0 Å². The van der Waals surface area contributed by atoms with Crippen molar-refractivity contribution in [2.75, 3.05) is 20.2 Å². The quantitative estimate of drug-likeness (QED) is 0.651. The smallest absolute Gasteiger partial charge is 0.453 e. The molecule has 1 aromatic carbocycles. The number of carbonyl (C=O) groups excluding carboxylic acids is 2. The Morgan fingerprint density at radius 2 is 1.90 bits per heavy atom. The van der Waals surface area contributed by atoms with E-state index in [0.29, 0.717) is 18.9 Å². The number of nitrogens with zero attached hydrogens (tertiary/aromatic N) is 2. The number of methoxy groups -OCH3 is 1. The van der Waals surface area contributed by atoms with Crippen LogP contribution in [0.2, 0.25) is 0 Å². The Hall–Kier alpha value is -2.59. The van der Waals surface area contributed by atoms with Crippen LogP contribution in [-0.4, -0.2) is 65.4 Å². The molecule has 1 aliphatic rings. The van der Waals surface area contributed by atoms with Gasteiger partial charge in [-0.3, -0.25) is 4.79 Å². The summed E-state index contributed by atoms with van der Waals surface area (Å²) >= 11 is 0. The second-order valence-corrected chi connectivity index (χ2v) is 8.71. The van der Waals surface area contributed by atoms with Gasteiger partial charge >= 0.3 is 13.2 Å². The van der Waals surface area contributed by atoms with E-state index in [0.717, 1.165) is 22.9 Å². The van der Waals surface area contributed by atoms with Crippen LogP contribution in [0.1, 0.15) is 46.9 Å². The molecule has 168 valence electrons. The van der Waals surface area contributed by atoms with Crippen molar-refractivity contribution in [1.29, 1.82) is 0 Å². The number of hydrogen-bond donors (Lipinski definition) is 2. The molecule has 0 radical (unpaired) electrons. The summed E-state index contributed by atoms with van der Waals surface area (Å²) < 4.78 is 16.8. The summed E-state index contributed by atoms with van der Waals surface area (Å²) in [6.07, 6.45) is 0.153. The fourth-order valence-corrected chi connectivity index (χ4v) is 3.36. The molecule has 9 nitrogen and oxygen atoms in total. The lowest BCUT2D eigenvalue weighted by atomic mass is 9.79. The SMILES string of the molecule is CCCN(Cc1nc2ccc(B3OC(C)(C)C(C)(C)O3)cc2[nH]1)C(=O)CNC(=O)OC. The van der Waals surface area contributed by atoms with Gasteiger partial charge in [-0.25, -0.2) is 9.78 Å². The van der Waals surface area contributed by atoms with E-state index in [2.05, 4.69) is 20.0 Å². The fourth-order valence-electron chi connectivity index (χ4n) is 3.36. The molecule has 0 saturated carbocycles. The highest BCUT2D eigenvalue weighted by Gasteiger charge is 2.51. The van der Waals surface area contributed by atoms with Gasteiger partial charge in [0, 0.05) is 6.54 Å². The molecule has 10 heteroatoms. The first-order valence-corrected chi connectivity index (χ1v) is 10.5. The molecule has 2 heterocycles. The second kappa shape index (κ2) is 8.88. The van der Waals surface area contributed by atoms with Crippen molar-refractivity contribution in [2.45, 2.75) is 58.8 Å². The van der Waals surface area contributed by atoms with Crippen LogP contribution in [-0.2, 0) is 25.4 Å². The van der Waals surface area contributed by atoms with Gasteiger partial charge in [0.25, 0.3) is 0 Å². The Bertz CT molecular complexity index is 942. The van der Waals surface area contributed by atoms with E-state index >= 15 is 0 Å². The van der Waals surface area contributed by atoms with E-state index in [9.17, 15) is 9.59 Å². The third-order valence-corrected chi connectivity index (χ3v) is 5.84. The zero-order valence-corrected chi connectivity index (χ0v) is 19.1. The van der Waals surface area contributed by atoms with Gasteiger partial charge in [0.2, 0.25) is 5.91 Å². The Labute approximate surface area is 183 Å². The Kier molecular flexibility index (Phi) is 6.61. The van der Waals surface area contributed by atoms with Gasteiger partial charge in [-0.1, -0.05) is 13.0 Å². The van der Waals surface area contributed by atoms with Crippen LogP contribution in [0.5, 0.6) is 0 Å². The van der Waals surface area contributed by atoms with Crippen LogP contribution in [0.15, 0.2) is 18.2 Å². The van der Waals surface area contributed by atoms with Crippen molar-refractivity contribution in [3.8, 4) is 0 Å². The zero-order chi connectivity index (χ0) is 22.8. The topological polar surface area (TPSA) is 106 Å². The monoisotopic (exact) mass is 430 g/mol. The van der Waals surface area contributed by atoms with Crippen LogP contribution >= 0.6 is 0 Å². The van der Waals surface area contributed by atoms with Crippen molar-refractivity contribution in [1.82, 2.24) is 20.2 Å². The largest absolute Gasteiger partial charge is 0.494 e. The molecular formula is C21H31BN4O5. The number of ether oxygens (including phenoxy) is 1. The molecule has 0 bridgehead atoms. The standard InChI is InChI=1S/C21H31BN4O5/c1-7-10-26(18(27)12-23-19(28)29-6)13-17-24-15-9-8-14(11-16(15)25-17)22-30-20(2,3)21(4,5)31-22/h8-9,11H,7,10,12-13H2,1-6H3,(H,23,28)(H,24,25). The van der Waals surface area contributed by atoms with Crippen molar-refractivity contribution in [2.24, 2.45) is 0 Å². The first-order valence-electron chi connectivity index (χ1n) is 10.5. The molecule has 0 aliphatic carbocycles. The van der Waals surface area contributed by atoms with Crippen molar-refractivity contribution < 1.29 is 23.6 Å². The number of rotatable bonds is 7. The summed E-state index contributed by atoms with van der Waals surface area (Å²) in [6.45, 7) is 10.8. The highest BCUT2D eigenvalue weighted by atomic mass is 16.7. The van der Waals surface area contributed by atoms with Crippen LogP contribution in [0.3, 0.4) is 0 Å². The number of fused-ring (bicyclic) bond motifs is 1. The van der Waals surface area contributed by atoms with Crippen LogP contribution < -0.4 is 10.8 Å². The Morgan fingerprint density at radius 3 is 2.52 bits per heavy atom. The van der Waals surface area contributed by atoms with Crippen LogP contribution in [0.25, 0.3) is 11.0 Å². The number of benzene rings is 1. The molecule has 0 unspecified atom stereocenters. The maximum atomic E-state index is 12.5. The van der Waals surface area contributed by atoms with Gasteiger partial charge in [-0.15, -0.1) is 0 Å². The molecule has 1 aliphatic heterocycles. The summed E-state index contributed by atoms with van der Waals surface area (Å²) in [4.78, 5) is 33.3. The minimum Gasteiger partial charge on any atom is -0.453 e. The minimum absolute atomic E-state index is 0.126. The van der Waals surface area contributed by atoms with Crippen molar-refractivity contribution >= 4 is 35.6 Å². The number of aromatic amines is 1. The molecule has 0 atom stereocenters. The Morgan fingerprint density at radius 1 is 1.23 bits per heavy atom. The predicted molar refractivity (Wildman–Crippen MR) is 118 cm³/mol. The van der Waals surface area contributed by atoms with Gasteiger partial charge in [-0.05, 0) is 51.7 Å². The van der Waals surface area contributed by atoms with E-state index in [1.807, 2.05) is 52.8 Å². The number of amides is 2. The molecule has 1 saturated heterocycles. The second-order valence-electron chi connectivity index (χ2n) is 8.71. The number of alkyl carbamates (subject to hydrolysis) is 1. The number of imidazole rings is 1. The van der Waals surface area contributed by atoms with E-state index < -0.39 is 24.4 Å². The highest BCUT2D eigenvalue weighted by Crippen LogP contribution is 2.36. The van der Waals surface area contributed by atoms with Gasteiger partial charge in [0.15, 0.2) is 0 Å². The number of aromatic nitrogens is 2. The van der Waals surface area contributed by atoms with Gasteiger partial charge in [0.1, 0.15) is 12.4 Å². The lowest BCUT2D eigenvalue weighted by Gasteiger charge is -2.32. The summed E-state index contributed by atoms with van der Waals surface area (Å²) in [7, 11) is 0.805. The zero-order valence-electron chi connectivity index (χ0n) is 19.1. The number of nitrogens with one attached hydrogen (secondary N) is 2. The van der Waals surface area contributed by atoms with Gasteiger partial charge in [0.05, 0.1) is 35.9 Å². The van der Waals surface area contributed by atoms with E-state index in [1.54, 1.807) is 4.90 Å². The molecule has 2 N–H and O–H groups in total. The molecule has 2 aromatic rings. The van der Waals surface area contributed by atoms with E-state index in [4.69, 9.17) is 9.31 Å². The molecule has 3 rings (SSSR count). The first kappa shape index (κ1) is 23.1. The molecule has 31 heavy (non-hydrogen) atoms. The lowest BCUT2D eigenvalue weighted by Crippen LogP contribution is -2.41. The van der Waals surface area contributed by atoms with Crippen LogP contribution in [0, 0.1) is 0 Å². The van der Waals surface area contributed by atoms with E-state index in [1.165, 1.54) is 7.11 Å². The lowest BCUT2D eigenvalue weighted by molar-refractivity contribution is -0.130. The highest BCUT2D eigenvalue weighted by molar-refractivity contribution is 6.62. The summed E-state index contributed by atoms with van der Waals surface area (Å²) in [6, 6.07) is 5.84. The average Bonchev–Trinajstić information content (AvgIpc) is 3.21. The normalized spacial score (nSPS) is 17.0. The van der Waals surface area contributed by atoms with Crippen molar-refractivity contribution in [3.63, 3.8) is 0 Å². The molecule has 0 spiro atoms. The fraction of sp³-hybridized carbons (Fsp3) is 0.571. The Balaban J connectivity index is 1.74. The van der Waals surface area contributed by atoms with Crippen LogP contribution in [0.4, 0.5) is 4.79 Å². The number of H-pyrrole nitrogens is 1.